The molecule has 0 radical (unpaired) electrons. The molecule has 2 heterocycles. The molecule has 1 aliphatic rings. The van der Waals surface area contributed by atoms with E-state index in [0.29, 0.717) is 17.3 Å². The van der Waals surface area contributed by atoms with Crippen LogP contribution in [0.5, 0.6) is 0 Å². The quantitative estimate of drug-likeness (QED) is 0.834. The van der Waals surface area contributed by atoms with E-state index in [0.717, 1.165) is 12.8 Å². The van der Waals surface area contributed by atoms with Crippen LogP contribution in [0.25, 0.3) is 5.65 Å². The van der Waals surface area contributed by atoms with Crippen molar-refractivity contribution in [2.24, 2.45) is 11.7 Å². The van der Waals surface area contributed by atoms with Crippen LogP contribution in [0.3, 0.4) is 0 Å². The van der Waals surface area contributed by atoms with Crippen molar-refractivity contribution in [2.45, 2.75) is 32.4 Å². The number of carbonyl (C=O) groups is 2. The first-order valence-corrected chi connectivity index (χ1v) is 7.47. The van der Waals surface area contributed by atoms with Crippen LogP contribution in [-0.4, -0.2) is 39.6 Å². The lowest BCUT2D eigenvalue weighted by atomic mass is 9.82. The molecule has 3 rings (SSSR count). The van der Waals surface area contributed by atoms with E-state index < -0.39 is 5.91 Å². The molecule has 8 heteroatoms. The minimum absolute atomic E-state index is 0.114. The number of primary amides is 1. The Morgan fingerprint density at radius 1 is 1.48 bits per heavy atom. The van der Waals surface area contributed by atoms with Gasteiger partial charge in [-0.1, -0.05) is 6.92 Å². The van der Waals surface area contributed by atoms with E-state index in [4.69, 9.17) is 10.5 Å². The van der Waals surface area contributed by atoms with Gasteiger partial charge in [0.05, 0.1) is 6.61 Å². The molecule has 0 spiro atoms. The van der Waals surface area contributed by atoms with Gasteiger partial charge in [0.15, 0.2) is 5.65 Å². The molecule has 0 saturated heterocycles. The number of rotatable bonds is 5. The molecule has 122 valence electrons. The second-order valence-corrected chi connectivity index (χ2v) is 5.93. The highest BCUT2D eigenvalue weighted by Gasteiger charge is 2.28. The van der Waals surface area contributed by atoms with Crippen LogP contribution in [0, 0.1) is 5.92 Å². The van der Waals surface area contributed by atoms with E-state index in [2.05, 4.69) is 22.3 Å². The maximum atomic E-state index is 12.5. The third-order valence-electron chi connectivity index (χ3n) is 4.06. The van der Waals surface area contributed by atoms with E-state index in [1.54, 1.807) is 6.07 Å². The predicted octanol–water partition coefficient (Wildman–Crippen LogP) is 0.503. The Hall–Kier alpha value is -2.48. The Balaban J connectivity index is 1.99. The Bertz CT molecular complexity index is 764. The highest BCUT2D eigenvalue weighted by atomic mass is 16.5. The van der Waals surface area contributed by atoms with Crippen LogP contribution in [0.1, 0.15) is 46.3 Å². The lowest BCUT2D eigenvalue weighted by molar-refractivity contribution is 0.0887. The summed E-state index contributed by atoms with van der Waals surface area (Å²) in [6.07, 6.45) is 3.42. The first-order valence-electron chi connectivity index (χ1n) is 7.47. The molecule has 1 fully saturated rings. The number of methoxy groups -OCH3 is 1. The maximum absolute atomic E-state index is 12.5. The molecular weight excluding hydrogens is 298 g/mol. The zero-order valence-electron chi connectivity index (χ0n) is 13.1. The number of nitrogens with two attached hydrogens (primary N) is 1. The summed E-state index contributed by atoms with van der Waals surface area (Å²) < 4.78 is 6.39. The normalized spacial score (nSPS) is 20.3. The number of hydrogen-bond donors (Lipinski definition) is 2. The van der Waals surface area contributed by atoms with Crippen molar-refractivity contribution in [3.8, 4) is 0 Å². The summed E-state index contributed by atoms with van der Waals surface area (Å²) in [5.74, 6) is -0.251. The van der Waals surface area contributed by atoms with Gasteiger partial charge in [-0.15, -0.1) is 0 Å². The van der Waals surface area contributed by atoms with Crippen LogP contribution >= 0.6 is 0 Å². The Labute approximate surface area is 133 Å². The number of amides is 2. The van der Waals surface area contributed by atoms with Gasteiger partial charge in [0, 0.05) is 19.3 Å². The number of nitrogens with one attached hydrogen (secondary N) is 1. The van der Waals surface area contributed by atoms with Crippen LogP contribution in [-0.2, 0) is 11.3 Å². The van der Waals surface area contributed by atoms with E-state index in [9.17, 15) is 9.59 Å². The molecule has 23 heavy (non-hydrogen) atoms. The molecule has 0 aliphatic heterocycles. The van der Waals surface area contributed by atoms with Gasteiger partial charge in [0.1, 0.15) is 17.0 Å². The fraction of sp³-hybridized carbons (Fsp3) is 0.467. The molecule has 0 aromatic carbocycles. The maximum Gasteiger partial charge on any atom is 0.270 e. The lowest BCUT2D eigenvalue weighted by Crippen LogP contribution is -2.43. The van der Waals surface area contributed by atoms with Gasteiger partial charge in [-0.05, 0) is 24.8 Å². The van der Waals surface area contributed by atoms with E-state index in [1.165, 1.54) is 17.8 Å². The van der Waals surface area contributed by atoms with Crippen molar-refractivity contribution in [1.82, 2.24) is 19.9 Å². The molecule has 0 bridgehead atoms. The Morgan fingerprint density at radius 3 is 2.83 bits per heavy atom. The largest absolute Gasteiger partial charge is 0.378 e. The average Bonchev–Trinajstić information content (AvgIpc) is 2.83. The molecule has 2 aromatic rings. The molecule has 0 atom stereocenters. The van der Waals surface area contributed by atoms with Gasteiger partial charge in [-0.25, -0.2) is 9.50 Å². The van der Waals surface area contributed by atoms with Crippen molar-refractivity contribution in [3.05, 3.63) is 29.2 Å². The average molecular weight is 317 g/mol. The van der Waals surface area contributed by atoms with Gasteiger partial charge >= 0.3 is 0 Å². The summed E-state index contributed by atoms with van der Waals surface area (Å²) in [6.45, 7) is 2.26. The second kappa shape index (κ2) is 5.96. The highest BCUT2D eigenvalue weighted by Crippen LogP contribution is 2.26. The van der Waals surface area contributed by atoms with E-state index in [-0.39, 0.29) is 29.8 Å². The topological polar surface area (TPSA) is 112 Å². The Morgan fingerprint density at radius 2 is 2.22 bits per heavy atom. The molecule has 0 unspecified atom stereocenters. The molecule has 3 N–H and O–H groups in total. The van der Waals surface area contributed by atoms with E-state index in [1.807, 2.05) is 0 Å². The van der Waals surface area contributed by atoms with Gasteiger partial charge < -0.3 is 15.8 Å². The number of hydrogen-bond acceptors (Lipinski definition) is 5. The third kappa shape index (κ3) is 2.77. The summed E-state index contributed by atoms with van der Waals surface area (Å²) >= 11 is 0. The first kappa shape index (κ1) is 15.4. The molecule has 2 aromatic heterocycles. The number of aromatic nitrogens is 3. The Kier molecular flexibility index (Phi) is 3.99. The van der Waals surface area contributed by atoms with Gasteiger partial charge in [-0.3, -0.25) is 9.59 Å². The minimum Gasteiger partial charge on any atom is -0.378 e. The van der Waals surface area contributed by atoms with Crippen molar-refractivity contribution in [2.75, 3.05) is 7.11 Å². The summed E-state index contributed by atoms with van der Waals surface area (Å²) in [6, 6.07) is 1.75. The standard InChI is InChI=1S/C15H19N5O3/c1-8-5-9(6-8)18-15(22)11-3-4-17-14-12(13(16)21)10(7-23-2)19-20(11)14/h3-4,8-9H,5-7H2,1-2H3,(H2,16,21)(H,18,22). The monoisotopic (exact) mass is 317 g/mol. The van der Waals surface area contributed by atoms with Gasteiger partial charge in [0.2, 0.25) is 0 Å². The molecule has 8 nitrogen and oxygen atoms in total. The van der Waals surface area contributed by atoms with Crippen LogP contribution in [0.4, 0.5) is 0 Å². The summed E-state index contributed by atoms with van der Waals surface area (Å²) in [5.41, 5.74) is 6.55. The summed E-state index contributed by atoms with van der Waals surface area (Å²) in [7, 11) is 1.49. The minimum atomic E-state index is -0.648. The highest BCUT2D eigenvalue weighted by molar-refractivity contribution is 6.01. The zero-order valence-corrected chi connectivity index (χ0v) is 13.1. The van der Waals surface area contributed by atoms with Crippen LogP contribution in [0.2, 0.25) is 0 Å². The van der Waals surface area contributed by atoms with Crippen molar-refractivity contribution >= 4 is 17.5 Å². The zero-order chi connectivity index (χ0) is 16.6. The molecule has 2 amide bonds. The summed E-state index contributed by atoms with van der Waals surface area (Å²) in [4.78, 5) is 28.3. The van der Waals surface area contributed by atoms with Crippen LogP contribution < -0.4 is 11.1 Å². The van der Waals surface area contributed by atoms with Crippen LogP contribution in [0.15, 0.2) is 12.3 Å². The predicted molar refractivity (Wildman–Crippen MR) is 81.9 cm³/mol. The van der Waals surface area contributed by atoms with Crippen molar-refractivity contribution in [1.29, 1.82) is 0 Å². The SMILES string of the molecule is COCc1nn2c(C(=O)NC3CC(C)C3)ccnc2c1C(N)=O. The van der Waals surface area contributed by atoms with Crippen molar-refractivity contribution < 1.29 is 14.3 Å². The fourth-order valence-electron chi connectivity index (χ4n) is 2.93. The van der Waals surface area contributed by atoms with Gasteiger partial charge in [-0.2, -0.15) is 5.10 Å². The van der Waals surface area contributed by atoms with E-state index >= 15 is 0 Å². The second-order valence-electron chi connectivity index (χ2n) is 5.93. The smallest absolute Gasteiger partial charge is 0.270 e. The number of ether oxygens (including phenoxy) is 1. The third-order valence-corrected chi connectivity index (χ3v) is 4.06. The molecule has 1 saturated carbocycles. The first-order chi connectivity index (χ1) is 11.0. The fourth-order valence-corrected chi connectivity index (χ4v) is 2.93. The van der Waals surface area contributed by atoms with Gasteiger partial charge in [0.25, 0.3) is 11.8 Å². The van der Waals surface area contributed by atoms with Crippen molar-refractivity contribution in [3.63, 3.8) is 0 Å². The molecule has 1 aliphatic carbocycles. The summed E-state index contributed by atoms with van der Waals surface area (Å²) in [5, 5.41) is 7.25. The number of fused-ring (bicyclic) bond motifs is 1. The molecular formula is C15H19N5O3. The number of nitrogens with zero attached hydrogens (tertiary/aromatic N) is 3. The lowest BCUT2D eigenvalue weighted by Gasteiger charge is -2.33. The number of carbonyl (C=O) groups excluding carboxylic acids is 2.